The first-order chi connectivity index (χ1) is 8.74. The molecule has 19 heavy (non-hydrogen) atoms. The van der Waals surface area contributed by atoms with Gasteiger partial charge in [-0.05, 0) is 19.4 Å². The number of nitrogens with one attached hydrogen (secondary N) is 1. The molecule has 9 heteroatoms. The third-order valence-corrected chi connectivity index (χ3v) is 3.80. The van der Waals surface area contributed by atoms with E-state index in [1.807, 2.05) is 0 Å². The van der Waals surface area contributed by atoms with Gasteiger partial charge >= 0.3 is 0 Å². The SMILES string of the molecule is CC(N)CCNS(=O)(=O)c1ccc([N+](=O)[O-])cc1F. The van der Waals surface area contributed by atoms with E-state index in [0.717, 1.165) is 12.1 Å². The van der Waals surface area contributed by atoms with E-state index in [-0.39, 0.29) is 12.6 Å². The number of non-ortho nitro benzene ring substituents is 1. The van der Waals surface area contributed by atoms with E-state index in [2.05, 4.69) is 4.72 Å². The van der Waals surface area contributed by atoms with Crippen molar-refractivity contribution in [2.24, 2.45) is 5.73 Å². The standard InChI is InChI=1S/C10H14FN3O4S/c1-7(12)4-5-13-19(17,18)10-3-2-8(14(15)16)6-9(10)11/h2-3,6-7,13H,4-5,12H2,1H3. The topological polar surface area (TPSA) is 115 Å². The number of hydrogen-bond donors (Lipinski definition) is 2. The molecule has 1 aromatic carbocycles. The summed E-state index contributed by atoms with van der Waals surface area (Å²) in [5.74, 6) is -1.16. The zero-order valence-electron chi connectivity index (χ0n) is 10.2. The highest BCUT2D eigenvalue weighted by atomic mass is 32.2. The zero-order valence-corrected chi connectivity index (χ0v) is 11.0. The van der Waals surface area contributed by atoms with Crippen LogP contribution in [-0.2, 0) is 10.0 Å². The molecule has 0 aliphatic rings. The van der Waals surface area contributed by atoms with E-state index in [9.17, 15) is 22.9 Å². The van der Waals surface area contributed by atoms with Gasteiger partial charge in [0.2, 0.25) is 10.0 Å². The molecule has 1 aromatic rings. The second kappa shape index (κ2) is 6.04. The molecule has 1 atom stereocenters. The Bertz CT molecular complexity index is 574. The summed E-state index contributed by atoms with van der Waals surface area (Å²) in [6, 6.07) is 2.18. The van der Waals surface area contributed by atoms with E-state index in [1.165, 1.54) is 0 Å². The molecule has 0 saturated heterocycles. The predicted octanol–water partition coefficient (Wildman–Crippen LogP) is 0.750. The molecule has 0 aliphatic heterocycles. The number of nitro benzene ring substituents is 1. The van der Waals surface area contributed by atoms with Crippen LogP contribution in [0.3, 0.4) is 0 Å². The zero-order chi connectivity index (χ0) is 14.6. The summed E-state index contributed by atoms with van der Waals surface area (Å²) in [6.45, 7) is 1.77. The summed E-state index contributed by atoms with van der Waals surface area (Å²) in [7, 11) is -4.03. The first kappa shape index (κ1) is 15.5. The molecular weight excluding hydrogens is 277 g/mol. The van der Waals surface area contributed by atoms with E-state index in [1.54, 1.807) is 6.92 Å². The Morgan fingerprint density at radius 1 is 1.53 bits per heavy atom. The van der Waals surface area contributed by atoms with Crippen LogP contribution in [0.15, 0.2) is 23.1 Å². The summed E-state index contributed by atoms with van der Waals surface area (Å²) in [5.41, 5.74) is 4.95. The average Bonchev–Trinajstić information content (AvgIpc) is 2.27. The third-order valence-electron chi connectivity index (χ3n) is 2.31. The number of sulfonamides is 1. The Morgan fingerprint density at radius 2 is 2.16 bits per heavy atom. The molecular formula is C10H14FN3O4S. The second-order valence-corrected chi connectivity index (χ2v) is 5.77. The van der Waals surface area contributed by atoms with Gasteiger partial charge in [0.25, 0.3) is 5.69 Å². The lowest BCUT2D eigenvalue weighted by Gasteiger charge is -2.08. The number of hydrogen-bond acceptors (Lipinski definition) is 5. The summed E-state index contributed by atoms with van der Waals surface area (Å²) in [5, 5.41) is 10.4. The predicted molar refractivity (Wildman–Crippen MR) is 66.5 cm³/mol. The highest BCUT2D eigenvalue weighted by molar-refractivity contribution is 7.89. The van der Waals surface area contributed by atoms with Crippen molar-refractivity contribution in [2.45, 2.75) is 24.3 Å². The van der Waals surface area contributed by atoms with Gasteiger partial charge < -0.3 is 5.73 Å². The molecule has 7 nitrogen and oxygen atoms in total. The van der Waals surface area contributed by atoms with Crippen LogP contribution in [0.4, 0.5) is 10.1 Å². The van der Waals surface area contributed by atoms with Gasteiger partial charge in [0.15, 0.2) is 0 Å². The molecule has 0 heterocycles. The van der Waals surface area contributed by atoms with Crippen LogP contribution in [0.1, 0.15) is 13.3 Å². The monoisotopic (exact) mass is 291 g/mol. The second-order valence-electron chi connectivity index (χ2n) is 4.04. The van der Waals surface area contributed by atoms with Crippen molar-refractivity contribution in [3.05, 3.63) is 34.1 Å². The molecule has 0 bridgehead atoms. The first-order valence-corrected chi connectivity index (χ1v) is 6.91. The Hall–Kier alpha value is -1.58. The van der Waals surface area contributed by atoms with Crippen LogP contribution in [0.5, 0.6) is 0 Å². The fraction of sp³-hybridized carbons (Fsp3) is 0.400. The molecule has 0 aromatic heterocycles. The Morgan fingerprint density at radius 3 is 2.63 bits per heavy atom. The van der Waals surface area contributed by atoms with Gasteiger partial charge in [-0.3, -0.25) is 10.1 Å². The van der Waals surface area contributed by atoms with Gasteiger partial charge in [0.1, 0.15) is 10.7 Å². The Balaban J connectivity index is 2.93. The Labute approximate surface area is 109 Å². The molecule has 0 fully saturated rings. The van der Waals surface area contributed by atoms with Crippen LogP contribution in [0.2, 0.25) is 0 Å². The minimum Gasteiger partial charge on any atom is -0.328 e. The molecule has 0 spiro atoms. The quantitative estimate of drug-likeness (QED) is 0.592. The lowest BCUT2D eigenvalue weighted by molar-refractivity contribution is -0.385. The highest BCUT2D eigenvalue weighted by Crippen LogP contribution is 2.20. The van der Waals surface area contributed by atoms with Crippen molar-refractivity contribution in [3.63, 3.8) is 0 Å². The normalized spacial score (nSPS) is 13.2. The molecule has 3 N–H and O–H groups in total. The van der Waals surface area contributed by atoms with Crippen LogP contribution >= 0.6 is 0 Å². The van der Waals surface area contributed by atoms with Crippen LogP contribution < -0.4 is 10.5 Å². The van der Waals surface area contributed by atoms with Crippen molar-refractivity contribution in [1.82, 2.24) is 4.72 Å². The number of nitro groups is 1. The maximum absolute atomic E-state index is 13.5. The lowest BCUT2D eigenvalue weighted by Crippen LogP contribution is -2.29. The van der Waals surface area contributed by atoms with Crippen molar-refractivity contribution < 1.29 is 17.7 Å². The molecule has 0 saturated carbocycles. The minimum atomic E-state index is -4.03. The largest absolute Gasteiger partial charge is 0.328 e. The molecule has 0 amide bonds. The highest BCUT2D eigenvalue weighted by Gasteiger charge is 2.21. The van der Waals surface area contributed by atoms with E-state index in [0.29, 0.717) is 12.5 Å². The smallest absolute Gasteiger partial charge is 0.272 e. The summed E-state index contributed by atoms with van der Waals surface area (Å²) >= 11 is 0. The fourth-order valence-electron chi connectivity index (χ4n) is 1.32. The van der Waals surface area contributed by atoms with Gasteiger partial charge in [-0.15, -0.1) is 0 Å². The maximum atomic E-state index is 13.5. The number of halogens is 1. The van der Waals surface area contributed by atoms with Gasteiger partial charge in [-0.25, -0.2) is 17.5 Å². The van der Waals surface area contributed by atoms with Gasteiger partial charge in [0, 0.05) is 18.7 Å². The van der Waals surface area contributed by atoms with Crippen molar-refractivity contribution in [2.75, 3.05) is 6.54 Å². The third kappa shape index (κ3) is 4.23. The van der Waals surface area contributed by atoms with Crippen LogP contribution in [0, 0.1) is 15.9 Å². The molecule has 1 unspecified atom stereocenters. The Kier molecular flexibility index (Phi) is 4.92. The number of nitrogens with two attached hydrogens (primary N) is 1. The van der Waals surface area contributed by atoms with E-state index < -0.39 is 31.3 Å². The van der Waals surface area contributed by atoms with Gasteiger partial charge in [0.05, 0.1) is 11.0 Å². The van der Waals surface area contributed by atoms with E-state index >= 15 is 0 Å². The molecule has 0 radical (unpaired) electrons. The summed E-state index contributed by atoms with van der Waals surface area (Å²) < 4.78 is 39.2. The summed E-state index contributed by atoms with van der Waals surface area (Å²) in [4.78, 5) is 9.00. The number of rotatable bonds is 6. The maximum Gasteiger partial charge on any atom is 0.272 e. The van der Waals surface area contributed by atoms with Crippen molar-refractivity contribution >= 4 is 15.7 Å². The van der Waals surface area contributed by atoms with Crippen molar-refractivity contribution in [1.29, 1.82) is 0 Å². The fourth-order valence-corrected chi connectivity index (χ4v) is 2.42. The van der Waals surface area contributed by atoms with Gasteiger partial charge in [-0.2, -0.15) is 0 Å². The van der Waals surface area contributed by atoms with Crippen LogP contribution in [0.25, 0.3) is 0 Å². The van der Waals surface area contributed by atoms with E-state index in [4.69, 9.17) is 5.73 Å². The minimum absolute atomic E-state index is 0.0659. The molecule has 106 valence electrons. The summed E-state index contributed by atoms with van der Waals surface area (Å²) in [6.07, 6.45) is 0.397. The first-order valence-electron chi connectivity index (χ1n) is 5.43. The van der Waals surface area contributed by atoms with Gasteiger partial charge in [-0.1, -0.05) is 0 Å². The lowest BCUT2D eigenvalue weighted by atomic mass is 10.3. The average molecular weight is 291 g/mol. The molecule has 0 aliphatic carbocycles. The number of nitrogens with zero attached hydrogens (tertiary/aromatic N) is 1. The molecule has 1 rings (SSSR count). The van der Waals surface area contributed by atoms with Crippen LogP contribution in [-0.4, -0.2) is 25.9 Å². The number of benzene rings is 1. The van der Waals surface area contributed by atoms with Crippen molar-refractivity contribution in [3.8, 4) is 0 Å².